The number of nitriles is 2. The van der Waals surface area contributed by atoms with Gasteiger partial charge in [-0.15, -0.1) is 0 Å². The molecule has 11 heteroatoms. The van der Waals surface area contributed by atoms with Crippen molar-refractivity contribution in [2.75, 3.05) is 0 Å². The third kappa shape index (κ3) is 4.09. The predicted octanol–water partition coefficient (Wildman–Crippen LogP) is 4.88. The summed E-state index contributed by atoms with van der Waals surface area (Å²) in [6.45, 7) is 1.67. The molecule has 0 unspecified atom stereocenters. The van der Waals surface area contributed by atoms with Gasteiger partial charge in [0.05, 0.1) is 11.4 Å². The van der Waals surface area contributed by atoms with E-state index < -0.39 is 17.6 Å². The van der Waals surface area contributed by atoms with Gasteiger partial charge in [0, 0.05) is 11.1 Å². The Bertz CT molecular complexity index is 1680. The van der Waals surface area contributed by atoms with Crippen LogP contribution < -0.4 is 0 Å². The molecular weight excluding hydrogens is 481 g/mol. The first-order valence-corrected chi connectivity index (χ1v) is 10.8. The van der Waals surface area contributed by atoms with Gasteiger partial charge in [-0.25, -0.2) is 19.9 Å². The van der Waals surface area contributed by atoms with Crippen molar-refractivity contribution in [1.29, 1.82) is 10.5 Å². The molecule has 4 aromatic rings. The molecule has 37 heavy (non-hydrogen) atoms. The second kappa shape index (κ2) is 9.06. The lowest BCUT2D eigenvalue weighted by molar-refractivity contribution is -0.140. The molecule has 2 heterocycles. The summed E-state index contributed by atoms with van der Waals surface area (Å²) in [6.07, 6.45) is -1.61. The average Bonchev–Trinajstić information content (AvgIpc) is 2.90. The highest BCUT2D eigenvalue weighted by molar-refractivity contribution is 6.29. The lowest BCUT2D eigenvalue weighted by atomic mass is 9.94. The summed E-state index contributed by atoms with van der Waals surface area (Å²) in [4.78, 5) is 24.9. The molecule has 0 saturated heterocycles. The van der Waals surface area contributed by atoms with Crippen LogP contribution in [0.2, 0.25) is 0 Å². The molecule has 8 nitrogen and oxygen atoms in total. The highest BCUT2D eigenvalue weighted by Crippen LogP contribution is 2.37. The maximum atomic E-state index is 14.1. The van der Waals surface area contributed by atoms with Gasteiger partial charge in [-0.2, -0.15) is 33.7 Å². The topological polar surface area (TPSA) is 124 Å². The largest absolute Gasteiger partial charge is 0.435 e. The highest BCUT2D eigenvalue weighted by Gasteiger charge is 2.41. The predicted molar refractivity (Wildman–Crippen MR) is 127 cm³/mol. The number of nitrogens with zero attached hydrogens (tertiary/aromatic N) is 8. The normalized spacial score (nSPS) is 14.5. The molecule has 178 valence electrons. The summed E-state index contributed by atoms with van der Waals surface area (Å²) >= 11 is 0. The van der Waals surface area contributed by atoms with Gasteiger partial charge >= 0.3 is 6.18 Å². The minimum absolute atomic E-state index is 0.0184. The van der Waals surface area contributed by atoms with Gasteiger partial charge in [0.25, 0.3) is 0 Å². The monoisotopic (exact) mass is 494 g/mol. The molecule has 0 bridgehead atoms. The lowest BCUT2D eigenvalue weighted by Gasteiger charge is -2.23. The Labute approximate surface area is 208 Å². The maximum Gasteiger partial charge on any atom is 0.435 e. The third-order valence-electron chi connectivity index (χ3n) is 5.55. The zero-order valence-electron chi connectivity index (χ0n) is 19.0. The molecule has 0 radical (unpaired) electrons. The Morgan fingerprint density at radius 3 is 1.54 bits per heavy atom. The van der Waals surface area contributed by atoms with Crippen LogP contribution in [0.1, 0.15) is 34.2 Å². The summed E-state index contributed by atoms with van der Waals surface area (Å²) in [6, 6.07) is 16.8. The van der Waals surface area contributed by atoms with Crippen LogP contribution >= 0.6 is 0 Å². The Morgan fingerprint density at radius 2 is 1.05 bits per heavy atom. The fraction of sp³-hybridized carbons (Fsp3) is 0.0769. The Kier molecular flexibility index (Phi) is 5.74. The van der Waals surface area contributed by atoms with E-state index in [4.69, 9.17) is 0 Å². The van der Waals surface area contributed by atoms with E-state index >= 15 is 0 Å². The quantitative estimate of drug-likeness (QED) is 0.322. The second-order valence-corrected chi connectivity index (χ2v) is 7.82. The van der Waals surface area contributed by atoms with E-state index in [1.165, 1.54) is 12.1 Å². The first-order valence-electron chi connectivity index (χ1n) is 10.8. The van der Waals surface area contributed by atoms with Crippen molar-refractivity contribution in [2.45, 2.75) is 13.1 Å². The Balaban J connectivity index is 1.87. The van der Waals surface area contributed by atoms with Crippen molar-refractivity contribution in [3.8, 4) is 34.9 Å². The molecular formula is C26H13F3N8. The molecule has 0 atom stereocenters. The van der Waals surface area contributed by atoms with Crippen molar-refractivity contribution in [2.24, 2.45) is 9.98 Å². The van der Waals surface area contributed by atoms with Crippen molar-refractivity contribution < 1.29 is 13.2 Å². The molecule has 0 saturated carbocycles. The SMILES string of the molecule is Cc1nc2c(nc1-c1ccccc1)/C(=N\C#N)c1nc(-c3ccccc3)c(C(F)(F)F)nc1/C2=N\C#N. The maximum absolute atomic E-state index is 14.1. The molecule has 2 aromatic heterocycles. The van der Waals surface area contributed by atoms with Gasteiger partial charge in [-0.1, -0.05) is 60.7 Å². The molecule has 5 rings (SSSR count). The average molecular weight is 494 g/mol. The van der Waals surface area contributed by atoms with Crippen LogP contribution in [0.3, 0.4) is 0 Å². The van der Waals surface area contributed by atoms with Gasteiger partial charge in [0.1, 0.15) is 39.9 Å². The zero-order chi connectivity index (χ0) is 26.2. The van der Waals surface area contributed by atoms with Crippen LogP contribution in [0.15, 0.2) is 70.6 Å². The van der Waals surface area contributed by atoms with Gasteiger partial charge in [0.15, 0.2) is 5.69 Å². The van der Waals surface area contributed by atoms with Crippen molar-refractivity contribution in [1.82, 2.24) is 19.9 Å². The van der Waals surface area contributed by atoms with Crippen LogP contribution in [0.5, 0.6) is 0 Å². The summed E-state index contributed by atoms with van der Waals surface area (Å²) in [5, 5.41) is 18.8. The second-order valence-electron chi connectivity index (χ2n) is 7.82. The third-order valence-corrected chi connectivity index (χ3v) is 5.55. The van der Waals surface area contributed by atoms with Crippen molar-refractivity contribution >= 4 is 11.4 Å². The minimum Gasteiger partial charge on any atom is -0.247 e. The Hall–Kier alpha value is -5.29. The molecule has 2 aromatic carbocycles. The Morgan fingerprint density at radius 1 is 0.622 bits per heavy atom. The number of aliphatic imine (C=N–C) groups is 2. The molecule has 1 aliphatic carbocycles. The van der Waals surface area contributed by atoms with Crippen LogP contribution in [0, 0.1) is 29.8 Å². The molecule has 0 spiro atoms. The van der Waals surface area contributed by atoms with Crippen LogP contribution in [-0.2, 0) is 6.18 Å². The summed E-state index contributed by atoms with van der Waals surface area (Å²) in [5.41, 5.74) is -0.795. The fourth-order valence-corrected chi connectivity index (χ4v) is 4.02. The van der Waals surface area contributed by atoms with Gasteiger partial charge in [0.2, 0.25) is 12.4 Å². The number of halogens is 3. The van der Waals surface area contributed by atoms with E-state index in [0.29, 0.717) is 11.4 Å². The molecule has 1 aliphatic rings. The number of aryl methyl sites for hydroxylation is 1. The standard InChI is InChI=1S/C26H13F3N8/c1-14-17(15-8-4-2-5-9-15)35-22-20(33-13-31)23-24(19(32-12-30)21(22)34-14)37-25(26(27,28)29)18(36-23)16-10-6-3-7-11-16/h2-11H,1H3/b32-19-,33-20+. The number of rotatable bonds is 2. The lowest BCUT2D eigenvalue weighted by Crippen LogP contribution is -2.30. The van der Waals surface area contributed by atoms with E-state index in [0.717, 1.165) is 5.56 Å². The zero-order valence-corrected chi connectivity index (χ0v) is 19.0. The van der Waals surface area contributed by atoms with Crippen LogP contribution in [0.4, 0.5) is 13.2 Å². The number of benzene rings is 2. The van der Waals surface area contributed by atoms with Gasteiger partial charge in [-0.05, 0) is 6.92 Å². The van der Waals surface area contributed by atoms with Crippen molar-refractivity contribution in [3.63, 3.8) is 0 Å². The van der Waals surface area contributed by atoms with E-state index in [1.54, 1.807) is 37.5 Å². The first kappa shape index (κ1) is 23.5. The number of aromatic nitrogens is 4. The first-order chi connectivity index (χ1) is 17.8. The van der Waals surface area contributed by atoms with Crippen LogP contribution in [-0.4, -0.2) is 31.4 Å². The van der Waals surface area contributed by atoms with Crippen LogP contribution in [0.25, 0.3) is 22.5 Å². The number of hydrogen-bond donors (Lipinski definition) is 0. The van der Waals surface area contributed by atoms with E-state index in [1.807, 2.05) is 30.3 Å². The number of fused-ring (bicyclic) bond motifs is 2. The minimum atomic E-state index is -4.88. The van der Waals surface area contributed by atoms with Crippen molar-refractivity contribution in [3.05, 3.63) is 94.8 Å². The summed E-state index contributed by atoms with van der Waals surface area (Å²) in [7, 11) is 0. The number of alkyl halides is 3. The molecule has 0 N–H and O–H groups in total. The van der Waals surface area contributed by atoms with E-state index in [-0.39, 0.29) is 39.8 Å². The summed E-state index contributed by atoms with van der Waals surface area (Å²) in [5.74, 6) is 0. The summed E-state index contributed by atoms with van der Waals surface area (Å²) < 4.78 is 42.4. The van der Waals surface area contributed by atoms with E-state index in [2.05, 4.69) is 29.9 Å². The van der Waals surface area contributed by atoms with E-state index in [9.17, 15) is 23.7 Å². The highest BCUT2D eigenvalue weighted by atomic mass is 19.4. The van der Waals surface area contributed by atoms with Gasteiger partial charge < -0.3 is 0 Å². The number of hydrogen-bond acceptors (Lipinski definition) is 8. The molecule has 0 fully saturated rings. The molecule has 0 amide bonds. The van der Waals surface area contributed by atoms with Gasteiger partial charge in [-0.3, -0.25) is 0 Å². The smallest absolute Gasteiger partial charge is 0.247 e. The fourth-order valence-electron chi connectivity index (χ4n) is 4.02. The molecule has 0 aliphatic heterocycles.